The Morgan fingerprint density at radius 1 is 1.11 bits per heavy atom. The number of carbonyl (C=O) groups excluding carboxylic acids is 1. The summed E-state index contributed by atoms with van der Waals surface area (Å²) >= 11 is 0. The maximum atomic E-state index is 11.6. The quantitative estimate of drug-likeness (QED) is 0.803. The zero-order valence-electron chi connectivity index (χ0n) is 12.2. The van der Waals surface area contributed by atoms with Crippen LogP contribution in [-0.2, 0) is 22.4 Å². The van der Waals surface area contributed by atoms with Crippen molar-refractivity contribution >= 4 is 5.97 Å². The molecule has 0 aliphatic rings. The summed E-state index contributed by atoms with van der Waals surface area (Å²) < 4.78 is 5.28. The van der Waals surface area contributed by atoms with Gasteiger partial charge in [0.15, 0.2) is 0 Å². The van der Waals surface area contributed by atoms with E-state index < -0.39 is 5.60 Å². The normalized spacial score (nSPS) is 11.4. The van der Waals surface area contributed by atoms with E-state index in [1.165, 1.54) is 11.1 Å². The molecule has 0 aliphatic heterocycles. The number of nitrogens with two attached hydrogens (primary N) is 1. The Balaban J connectivity index is 2.39. The van der Waals surface area contributed by atoms with Gasteiger partial charge in [-0.05, 0) is 57.7 Å². The Hall–Kier alpha value is -1.35. The first-order valence-corrected chi connectivity index (χ1v) is 6.90. The molecule has 3 heteroatoms. The summed E-state index contributed by atoms with van der Waals surface area (Å²) in [7, 11) is 0. The van der Waals surface area contributed by atoms with Crippen LogP contribution in [-0.4, -0.2) is 18.1 Å². The second kappa shape index (κ2) is 7.29. The number of ether oxygens (including phenoxy) is 1. The molecule has 106 valence electrons. The standard InChI is InChI=1S/C16H25NO2/c1-16(2,3)19-15(18)11-10-14-8-6-13(7-9-14)5-4-12-17/h6-9H,4-5,10-12,17H2,1-3H3. The van der Waals surface area contributed by atoms with Gasteiger partial charge in [-0.15, -0.1) is 0 Å². The second-order valence-corrected chi connectivity index (χ2v) is 5.80. The molecular weight excluding hydrogens is 238 g/mol. The van der Waals surface area contributed by atoms with Gasteiger partial charge in [0.05, 0.1) is 0 Å². The molecule has 19 heavy (non-hydrogen) atoms. The van der Waals surface area contributed by atoms with Gasteiger partial charge in [-0.25, -0.2) is 0 Å². The van der Waals surface area contributed by atoms with E-state index in [1.54, 1.807) is 0 Å². The van der Waals surface area contributed by atoms with Gasteiger partial charge in [0.2, 0.25) is 0 Å². The fraction of sp³-hybridized carbons (Fsp3) is 0.562. The third-order valence-electron chi connectivity index (χ3n) is 2.73. The molecular formula is C16H25NO2. The zero-order valence-corrected chi connectivity index (χ0v) is 12.2. The van der Waals surface area contributed by atoms with Gasteiger partial charge in [-0.1, -0.05) is 24.3 Å². The second-order valence-electron chi connectivity index (χ2n) is 5.80. The van der Waals surface area contributed by atoms with Crippen LogP contribution in [0.1, 0.15) is 44.7 Å². The highest BCUT2D eigenvalue weighted by Gasteiger charge is 2.15. The van der Waals surface area contributed by atoms with Crippen LogP contribution in [0.3, 0.4) is 0 Å². The number of rotatable bonds is 6. The van der Waals surface area contributed by atoms with Gasteiger partial charge in [0.25, 0.3) is 0 Å². The van der Waals surface area contributed by atoms with Gasteiger partial charge >= 0.3 is 5.97 Å². The summed E-state index contributed by atoms with van der Waals surface area (Å²) in [4.78, 5) is 11.6. The molecule has 3 nitrogen and oxygen atoms in total. The first-order chi connectivity index (χ1) is 8.90. The van der Waals surface area contributed by atoms with Crippen LogP contribution in [0.25, 0.3) is 0 Å². The number of carbonyl (C=O) groups is 1. The molecule has 0 bridgehead atoms. The first kappa shape index (κ1) is 15.7. The lowest BCUT2D eigenvalue weighted by Gasteiger charge is -2.19. The molecule has 0 saturated carbocycles. The number of hydrogen-bond acceptors (Lipinski definition) is 3. The van der Waals surface area contributed by atoms with E-state index in [9.17, 15) is 4.79 Å². The lowest BCUT2D eigenvalue weighted by atomic mass is 10.0. The van der Waals surface area contributed by atoms with E-state index >= 15 is 0 Å². The summed E-state index contributed by atoms with van der Waals surface area (Å²) in [5.41, 5.74) is 7.55. The third kappa shape index (κ3) is 6.97. The van der Waals surface area contributed by atoms with Crippen molar-refractivity contribution in [1.82, 2.24) is 0 Å². The largest absolute Gasteiger partial charge is 0.460 e. The van der Waals surface area contributed by atoms with Crippen LogP contribution in [0.2, 0.25) is 0 Å². The third-order valence-corrected chi connectivity index (χ3v) is 2.73. The van der Waals surface area contributed by atoms with E-state index in [0.717, 1.165) is 25.8 Å². The Bertz CT molecular complexity index is 390. The summed E-state index contributed by atoms with van der Waals surface area (Å²) in [5.74, 6) is -0.139. The molecule has 0 fully saturated rings. The van der Waals surface area contributed by atoms with Crippen LogP contribution < -0.4 is 5.73 Å². The van der Waals surface area contributed by atoms with Gasteiger partial charge in [0.1, 0.15) is 5.60 Å². The molecule has 0 amide bonds. The van der Waals surface area contributed by atoms with E-state index in [0.29, 0.717) is 6.42 Å². The monoisotopic (exact) mass is 263 g/mol. The van der Waals surface area contributed by atoms with Gasteiger partial charge < -0.3 is 10.5 Å². The van der Waals surface area contributed by atoms with E-state index in [2.05, 4.69) is 24.3 Å². The summed E-state index contributed by atoms with van der Waals surface area (Å²) in [6.07, 6.45) is 3.19. The predicted molar refractivity (Wildman–Crippen MR) is 78.0 cm³/mol. The topological polar surface area (TPSA) is 52.3 Å². The number of aryl methyl sites for hydroxylation is 2. The molecule has 0 heterocycles. The number of benzene rings is 1. The summed E-state index contributed by atoms with van der Waals surface area (Å²) in [6.45, 7) is 6.38. The smallest absolute Gasteiger partial charge is 0.306 e. The molecule has 1 rings (SSSR count). The van der Waals surface area contributed by atoms with Crippen LogP contribution >= 0.6 is 0 Å². The van der Waals surface area contributed by atoms with Gasteiger partial charge in [0, 0.05) is 6.42 Å². The first-order valence-electron chi connectivity index (χ1n) is 6.90. The molecule has 2 N–H and O–H groups in total. The lowest BCUT2D eigenvalue weighted by molar-refractivity contribution is -0.154. The van der Waals surface area contributed by atoms with Crippen molar-refractivity contribution in [3.63, 3.8) is 0 Å². The van der Waals surface area contributed by atoms with Crippen molar-refractivity contribution < 1.29 is 9.53 Å². The van der Waals surface area contributed by atoms with E-state index in [1.807, 2.05) is 20.8 Å². The fourth-order valence-electron chi connectivity index (χ4n) is 1.82. The van der Waals surface area contributed by atoms with Crippen molar-refractivity contribution in [3.05, 3.63) is 35.4 Å². The van der Waals surface area contributed by atoms with Crippen LogP contribution in [0.5, 0.6) is 0 Å². The zero-order chi connectivity index (χ0) is 14.3. The van der Waals surface area contributed by atoms with Crippen LogP contribution in [0, 0.1) is 0 Å². The van der Waals surface area contributed by atoms with Crippen molar-refractivity contribution in [1.29, 1.82) is 0 Å². The van der Waals surface area contributed by atoms with Crippen LogP contribution in [0.4, 0.5) is 0 Å². The minimum absolute atomic E-state index is 0.139. The Kier molecular flexibility index (Phi) is 6.03. The summed E-state index contributed by atoms with van der Waals surface area (Å²) in [5, 5.41) is 0. The molecule has 0 aliphatic carbocycles. The van der Waals surface area contributed by atoms with Crippen molar-refractivity contribution in [2.45, 2.75) is 52.1 Å². The molecule has 1 aromatic carbocycles. The minimum atomic E-state index is -0.400. The SMILES string of the molecule is CC(C)(C)OC(=O)CCc1ccc(CCCN)cc1. The van der Waals surface area contributed by atoms with E-state index in [-0.39, 0.29) is 5.97 Å². The molecule has 0 unspecified atom stereocenters. The highest BCUT2D eigenvalue weighted by molar-refractivity contribution is 5.70. The maximum absolute atomic E-state index is 11.6. The molecule has 0 spiro atoms. The highest BCUT2D eigenvalue weighted by Crippen LogP contribution is 2.12. The van der Waals surface area contributed by atoms with Crippen molar-refractivity contribution in [3.8, 4) is 0 Å². The Morgan fingerprint density at radius 2 is 1.63 bits per heavy atom. The minimum Gasteiger partial charge on any atom is -0.460 e. The predicted octanol–water partition coefficient (Wildman–Crippen LogP) is 2.85. The lowest BCUT2D eigenvalue weighted by Crippen LogP contribution is -2.23. The van der Waals surface area contributed by atoms with E-state index in [4.69, 9.17) is 10.5 Å². The Labute approximate surface area is 116 Å². The molecule has 0 aromatic heterocycles. The van der Waals surface area contributed by atoms with Crippen molar-refractivity contribution in [2.75, 3.05) is 6.54 Å². The molecule has 1 aromatic rings. The van der Waals surface area contributed by atoms with Crippen molar-refractivity contribution in [2.24, 2.45) is 5.73 Å². The molecule has 0 atom stereocenters. The Morgan fingerprint density at radius 3 is 2.11 bits per heavy atom. The fourth-order valence-corrected chi connectivity index (χ4v) is 1.82. The molecule has 0 radical (unpaired) electrons. The number of esters is 1. The highest BCUT2D eigenvalue weighted by atomic mass is 16.6. The van der Waals surface area contributed by atoms with Crippen LogP contribution in [0.15, 0.2) is 24.3 Å². The maximum Gasteiger partial charge on any atom is 0.306 e. The number of hydrogen-bond donors (Lipinski definition) is 1. The average molecular weight is 263 g/mol. The summed E-state index contributed by atoms with van der Waals surface area (Å²) in [6, 6.07) is 8.38. The van der Waals surface area contributed by atoms with Gasteiger partial charge in [-0.3, -0.25) is 4.79 Å². The molecule has 0 saturated heterocycles. The van der Waals surface area contributed by atoms with Gasteiger partial charge in [-0.2, -0.15) is 0 Å². The average Bonchev–Trinajstić information content (AvgIpc) is 2.33.